The molecule has 0 aromatic heterocycles. The van der Waals surface area contributed by atoms with Crippen LogP contribution in [0.15, 0.2) is 42.5 Å². The molecule has 1 N–H and O–H groups in total. The van der Waals surface area contributed by atoms with Gasteiger partial charge in [0.1, 0.15) is 5.75 Å². The Morgan fingerprint density at radius 3 is 2.44 bits per heavy atom. The number of benzene rings is 2. The zero-order chi connectivity index (χ0) is 11.5. The highest BCUT2D eigenvalue weighted by atomic mass is 19.1. The summed E-state index contributed by atoms with van der Waals surface area (Å²) in [7, 11) is 1.54. The fraction of sp³-hybridized carbons (Fsp3) is 0.0769. The van der Waals surface area contributed by atoms with Gasteiger partial charge in [-0.2, -0.15) is 0 Å². The number of phenolic OH excluding ortho intramolecular Hbond substituents is 1. The third-order valence-corrected chi connectivity index (χ3v) is 2.38. The van der Waals surface area contributed by atoms with Gasteiger partial charge in [0, 0.05) is 11.1 Å². The maximum atomic E-state index is 13.2. The molecule has 0 bridgehead atoms. The second-order valence-electron chi connectivity index (χ2n) is 3.34. The molecular weight excluding hydrogens is 207 g/mol. The van der Waals surface area contributed by atoms with Crippen LogP contribution >= 0.6 is 0 Å². The summed E-state index contributed by atoms with van der Waals surface area (Å²) in [5.41, 5.74) is 1.10. The molecule has 0 aliphatic heterocycles. The van der Waals surface area contributed by atoms with E-state index in [2.05, 4.69) is 0 Å². The fourth-order valence-corrected chi connectivity index (χ4v) is 1.60. The average Bonchev–Trinajstić information content (AvgIpc) is 2.33. The van der Waals surface area contributed by atoms with E-state index in [1.807, 2.05) is 12.1 Å². The highest BCUT2D eigenvalue weighted by Gasteiger charge is 2.11. The van der Waals surface area contributed by atoms with Crippen LogP contribution in [0.3, 0.4) is 0 Å². The number of hydrogen-bond acceptors (Lipinski definition) is 2. The Morgan fingerprint density at radius 1 is 1.00 bits per heavy atom. The molecular formula is C13H11FO2. The number of halogens is 1. The molecule has 2 nitrogen and oxygen atoms in total. The Labute approximate surface area is 92.9 Å². The van der Waals surface area contributed by atoms with Gasteiger partial charge in [0.05, 0.1) is 7.11 Å². The largest absolute Gasteiger partial charge is 0.504 e. The molecule has 0 atom stereocenters. The SMILES string of the molecule is COc1ccccc1-c1cccc(F)c1O. The summed E-state index contributed by atoms with van der Waals surface area (Å²) < 4.78 is 18.4. The first-order chi connectivity index (χ1) is 7.74. The maximum Gasteiger partial charge on any atom is 0.165 e. The first kappa shape index (κ1) is 10.5. The predicted octanol–water partition coefficient (Wildman–Crippen LogP) is 3.21. The number of methoxy groups -OCH3 is 1. The molecule has 0 unspecified atom stereocenters. The fourth-order valence-electron chi connectivity index (χ4n) is 1.60. The van der Waals surface area contributed by atoms with Crippen molar-refractivity contribution in [2.75, 3.05) is 7.11 Å². The topological polar surface area (TPSA) is 29.5 Å². The molecule has 0 spiro atoms. The highest BCUT2D eigenvalue weighted by molar-refractivity contribution is 5.75. The number of ether oxygens (including phenoxy) is 1. The number of aromatic hydroxyl groups is 1. The van der Waals surface area contributed by atoms with Gasteiger partial charge in [-0.15, -0.1) is 0 Å². The van der Waals surface area contributed by atoms with Crippen LogP contribution in [0.25, 0.3) is 11.1 Å². The second kappa shape index (κ2) is 4.23. The van der Waals surface area contributed by atoms with Gasteiger partial charge in [-0.05, 0) is 12.1 Å². The van der Waals surface area contributed by atoms with Crippen LogP contribution < -0.4 is 4.74 Å². The smallest absolute Gasteiger partial charge is 0.165 e. The normalized spacial score (nSPS) is 10.1. The van der Waals surface area contributed by atoms with Crippen molar-refractivity contribution in [3.05, 3.63) is 48.3 Å². The minimum atomic E-state index is -0.636. The van der Waals surface area contributed by atoms with Crippen molar-refractivity contribution in [2.45, 2.75) is 0 Å². The van der Waals surface area contributed by atoms with Crippen LogP contribution in [0.2, 0.25) is 0 Å². The first-order valence-electron chi connectivity index (χ1n) is 4.85. The summed E-state index contributed by atoms with van der Waals surface area (Å²) in [6.07, 6.45) is 0. The molecule has 2 rings (SSSR count). The lowest BCUT2D eigenvalue weighted by Crippen LogP contribution is -1.88. The minimum absolute atomic E-state index is 0.355. The standard InChI is InChI=1S/C13H11FO2/c1-16-12-8-3-2-5-9(12)10-6-4-7-11(14)13(10)15/h2-8,15H,1H3. The summed E-state index contributed by atoms with van der Waals surface area (Å²) in [4.78, 5) is 0. The van der Waals surface area contributed by atoms with Crippen LogP contribution in [0.1, 0.15) is 0 Å². The quantitative estimate of drug-likeness (QED) is 0.838. The van der Waals surface area contributed by atoms with E-state index in [1.54, 1.807) is 24.3 Å². The third-order valence-electron chi connectivity index (χ3n) is 2.38. The zero-order valence-electron chi connectivity index (χ0n) is 8.77. The second-order valence-corrected chi connectivity index (χ2v) is 3.34. The summed E-state index contributed by atoms with van der Waals surface area (Å²) in [6.45, 7) is 0. The van der Waals surface area contributed by atoms with Gasteiger partial charge in [-0.3, -0.25) is 0 Å². The number of phenols is 1. The van der Waals surface area contributed by atoms with Crippen molar-refractivity contribution >= 4 is 0 Å². The van der Waals surface area contributed by atoms with E-state index in [4.69, 9.17) is 4.74 Å². The van der Waals surface area contributed by atoms with Gasteiger partial charge in [0.25, 0.3) is 0 Å². The van der Waals surface area contributed by atoms with E-state index in [1.165, 1.54) is 13.2 Å². The van der Waals surface area contributed by atoms with E-state index in [9.17, 15) is 9.50 Å². The van der Waals surface area contributed by atoms with Gasteiger partial charge in [0.2, 0.25) is 0 Å². The maximum absolute atomic E-state index is 13.2. The number of rotatable bonds is 2. The van der Waals surface area contributed by atoms with Crippen molar-refractivity contribution < 1.29 is 14.2 Å². The first-order valence-corrected chi connectivity index (χ1v) is 4.85. The molecule has 0 saturated carbocycles. The Balaban J connectivity index is 2.63. The van der Waals surface area contributed by atoms with Crippen LogP contribution in [-0.4, -0.2) is 12.2 Å². The molecule has 82 valence electrons. The Hall–Kier alpha value is -2.03. The van der Waals surface area contributed by atoms with Gasteiger partial charge >= 0.3 is 0 Å². The average molecular weight is 218 g/mol. The van der Waals surface area contributed by atoms with E-state index >= 15 is 0 Å². The molecule has 0 fully saturated rings. The molecule has 3 heteroatoms. The number of para-hydroxylation sites is 2. The molecule has 0 heterocycles. The van der Waals surface area contributed by atoms with Crippen molar-refractivity contribution in [1.82, 2.24) is 0 Å². The van der Waals surface area contributed by atoms with E-state index in [-0.39, 0.29) is 5.75 Å². The van der Waals surface area contributed by atoms with Crippen LogP contribution in [0.4, 0.5) is 4.39 Å². The van der Waals surface area contributed by atoms with Crippen molar-refractivity contribution in [3.63, 3.8) is 0 Å². The minimum Gasteiger partial charge on any atom is -0.504 e. The molecule has 16 heavy (non-hydrogen) atoms. The summed E-state index contributed by atoms with van der Waals surface area (Å²) in [6, 6.07) is 11.6. The summed E-state index contributed by atoms with van der Waals surface area (Å²) in [5.74, 6) is -0.390. The lowest BCUT2D eigenvalue weighted by molar-refractivity contribution is 0.414. The summed E-state index contributed by atoms with van der Waals surface area (Å²) in [5, 5.41) is 9.64. The molecule has 0 radical (unpaired) electrons. The molecule has 2 aromatic carbocycles. The van der Waals surface area contributed by atoms with Crippen molar-refractivity contribution in [3.8, 4) is 22.6 Å². The van der Waals surface area contributed by atoms with Crippen molar-refractivity contribution in [1.29, 1.82) is 0 Å². The molecule has 0 aliphatic rings. The molecule has 2 aromatic rings. The lowest BCUT2D eigenvalue weighted by Gasteiger charge is -2.09. The van der Waals surface area contributed by atoms with E-state index in [0.717, 1.165) is 0 Å². The Bertz CT molecular complexity index is 509. The van der Waals surface area contributed by atoms with E-state index < -0.39 is 5.82 Å². The van der Waals surface area contributed by atoms with Crippen LogP contribution in [0.5, 0.6) is 11.5 Å². The van der Waals surface area contributed by atoms with Gasteiger partial charge in [-0.1, -0.05) is 30.3 Å². The molecule has 0 aliphatic carbocycles. The van der Waals surface area contributed by atoms with Gasteiger partial charge < -0.3 is 9.84 Å². The summed E-state index contributed by atoms with van der Waals surface area (Å²) >= 11 is 0. The van der Waals surface area contributed by atoms with E-state index in [0.29, 0.717) is 16.9 Å². The lowest BCUT2D eigenvalue weighted by atomic mass is 10.0. The zero-order valence-corrected chi connectivity index (χ0v) is 8.77. The number of hydrogen-bond donors (Lipinski definition) is 1. The Kier molecular flexibility index (Phi) is 2.77. The Morgan fingerprint density at radius 2 is 1.69 bits per heavy atom. The highest BCUT2D eigenvalue weighted by Crippen LogP contribution is 2.36. The van der Waals surface area contributed by atoms with Crippen molar-refractivity contribution in [2.24, 2.45) is 0 Å². The van der Waals surface area contributed by atoms with Crippen LogP contribution in [0, 0.1) is 5.82 Å². The third kappa shape index (κ3) is 1.72. The predicted molar refractivity (Wildman–Crippen MR) is 60.1 cm³/mol. The molecule has 0 saturated heterocycles. The van der Waals surface area contributed by atoms with Gasteiger partial charge in [0.15, 0.2) is 11.6 Å². The van der Waals surface area contributed by atoms with Crippen LogP contribution in [-0.2, 0) is 0 Å². The van der Waals surface area contributed by atoms with Gasteiger partial charge in [-0.25, -0.2) is 4.39 Å². The monoisotopic (exact) mass is 218 g/mol. The molecule has 0 amide bonds.